The largest absolute Gasteiger partial charge is 0.496 e. The molecule has 4 heteroatoms. The summed E-state index contributed by atoms with van der Waals surface area (Å²) in [6.07, 6.45) is 1.18. The van der Waals surface area contributed by atoms with E-state index in [2.05, 4.69) is 59.2 Å². The Balaban J connectivity index is 2.06. The first-order valence-corrected chi connectivity index (χ1v) is 7.61. The van der Waals surface area contributed by atoms with Crippen LogP contribution in [0.4, 0.5) is 5.69 Å². The molecule has 3 unspecified atom stereocenters. The highest BCUT2D eigenvalue weighted by Gasteiger charge is 2.28. The van der Waals surface area contributed by atoms with E-state index in [0.29, 0.717) is 18.0 Å². The molecule has 1 heterocycles. The minimum Gasteiger partial charge on any atom is -0.496 e. The molecule has 2 rings (SSSR count). The Morgan fingerprint density at radius 2 is 2.11 bits per heavy atom. The zero-order valence-electron chi connectivity index (χ0n) is 12.1. The lowest BCUT2D eigenvalue weighted by atomic mass is 9.89. The van der Waals surface area contributed by atoms with Crippen molar-refractivity contribution in [2.75, 3.05) is 26.0 Å². The number of nitrogens with one attached hydrogen (secondary N) is 1. The maximum absolute atomic E-state index is 5.26. The molecular weight excluding hydrogens is 304 g/mol. The summed E-state index contributed by atoms with van der Waals surface area (Å²) in [5.74, 6) is 1.53. The van der Waals surface area contributed by atoms with Crippen molar-refractivity contribution in [3.8, 4) is 5.75 Å². The number of likely N-dealkylation sites (tertiary alicyclic amines) is 1. The van der Waals surface area contributed by atoms with Gasteiger partial charge in [0.25, 0.3) is 0 Å². The fraction of sp³-hybridized carbons (Fsp3) is 0.600. The minimum absolute atomic E-state index is 0.534. The third kappa shape index (κ3) is 3.42. The van der Waals surface area contributed by atoms with Crippen LogP contribution >= 0.6 is 15.9 Å². The SMILES string of the molecule is COc1ccc(NC2CC(C)N(C)CC2C)cc1Br. The fourth-order valence-corrected chi connectivity index (χ4v) is 3.25. The molecule has 0 aliphatic carbocycles. The van der Waals surface area contributed by atoms with Gasteiger partial charge >= 0.3 is 0 Å². The van der Waals surface area contributed by atoms with Gasteiger partial charge in [-0.3, -0.25) is 0 Å². The molecule has 0 radical (unpaired) electrons. The number of piperidine rings is 1. The predicted octanol–water partition coefficient (Wildman–Crippen LogP) is 3.60. The number of hydrogen-bond acceptors (Lipinski definition) is 3. The molecule has 1 aliphatic rings. The Bertz CT molecular complexity index is 438. The van der Waals surface area contributed by atoms with Gasteiger partial charge in [-0.15, -0.1) is 0 Å². The molecule has 106 valence electrons. The smallest absolute Gasteiger partial charge is 0.133 e. The number of ether oxygens (including phenoxy) is 1. The second-order valence-electron chi connectivity index (χ2n) is 5.60. The molecule has 1 saturated heterocycles. The van der Waals surface area contributed by atoms with Crippen LogP contribution in [-0.4, -0.2) is 37.7 Å². The highest BCUT2D eigenvalue weighted by atomic mass is 79.9. The first-order chi connectivity index (χ1) is 9.01. The quantitative estimate of drug-likeness (QED) is 0.918. The zero-order valence-corrected chi connectivity index (χ0v) is 13.7. The van der Waals surface area contributed by atoms with Gasteiger partial charge in [0.1, 0.15) is 5.75 Å². The van der Waals surface area contributed by atoms with Crippen LogP contribution in [0.1, 0.15) is 20.3 Å². The van der Waals surface area contributed by atoms with Crippen LogP contribution in [0.15, 0.2) is 22.7 Å². The lowest BCUT2D eigenvalue weighted by molar-refractivity contribution is 0.145. The summed E-state index contributed by atoms with van der Waals surface area (Å²) >= 11 is 3.54. The molecule has 1 aliphatic heterocycles. The Morgan fingerprint density at radius 1 is 1.37 bits per heavy atom. The van der Waals surface area contributed by atoms with Gasteiger partial charge in [-0.05, 0) is 60.4 Å². The molecular formula is C15H23BrN2O. The van der Waals surface area contributed by atoms with E-state index in [1.54, 1.807) is 7.11 Å². The average molecular weight is 327 g/mol. The molecule has 3 atom stereocenters. The second kappa shape index (κ2) is 6.14. The summed E-state index contributed by atoms with van der Waals surface area (Å²) in [6, 6.07) is 7.34. The predicted molar refractivity (Wildman–Crippen MR) is 84.0 cm³/mol. The van der Waals surface area contributed by atoms with Gasteiger partial charge in [0.05, 0.1) is 11.6 Å². The van der Waals surface area contributed by atoms with Crippen molar-refractivity contribution in [3.05, 3.63) is 22.7 Å². The Hall–Kier alpha value is -0.740. The standard InChI is InChI=1S/C15H23BrN2O/c1-10-9-18(3)11(2)7-14(10)17-12-5-6-15(19-4)13(16)8-12/h5-6,8,10-11,14,17H,7,9H2,1-4H3. The van der Waals surface area contributed by atoms with E-state index in [1.165, 1.54) is 6.42 Å². The molecule has 3 nitrogen and oxygen atoms in total. The number of nitrogens with zero attached hydrogens (tertiary/aromatic N) is 1. The van der Waals surface area contributed by atoms with Gasteiger partial charge in [-0.25, -0.2) is 0 Å². The summed E-state index contributed by atoms with van der Waals surface area (Å²) in [7, 11) is 3.90. The monoisotopic (exact) mass is 326 g/mol. The Morgan fingerprint density at radius 3 is 2.74 bits per heavy atom. The molecule has 0 saturated carbocycles. The van der Waals surface area contributed by atoms with Gasteiger partial charge in [0.2, 0.25) is 0 Å². The van der Waals surface area contributed by atoms with E-state index in [-0.39, 0.29) is 0 Å². The third-order valence-electron chi connectivity index (χ3n) is 4.11. The van der Waals surface area contributed by atoms with Crippen molar-refractivity contribution in [2.45, 2.75) is 32.4 Å². The summed E-state index contributed by atoms with van der Waals surface area (Å²) in [5, 5.41) is 3.66. The van der Waals surface area contributed by atoms with Gasteiger partial charge in [-0.2, -0.15) is 0 Å². The molecule has 0 spiro atoms. The van der Waals surface area contributed by atoms with Crippen LogP contribution in [-0.2, 0) is 0 Å². The van der Waals surface area contributed by atoms with Crippen LogP contribution in [0.2, 0.25) is 0 Å². The molecule has 1 fully saturated rings. The second-order valence-corrected chi connectivity index (χ2v) is 6.46. The molecule has 1 aromatic carbocycles. The van der Waals surface area contributed by atoms with E-state index in [9.17, 15) is 0 Å². The van der Waals surface area contributed by atoms with E-state index in [1.807, 2.05) is 6.07 Å². The number of anilines is 1. The van der Waals surface area contributed by atoms with Gasteiger partial charge in [0.15, 0.2) is 0 Å². The van der Waals surface area contributed by atoms with Crippen molar-refractivity contribution in [1.82, 2.24) is 4.90 Å². The summed E-state index contributed by atoms with van der Waals surface area (Å²) in [5.41, 5.74) is 1.15. The van der Waals surface area contributed by atoms with E-state index >= 15 is 0 Å². The van der Waals surface area contributed by atoms with Crippen molar-refractivity contribution in [2.24, 2.45) is 5.92 Å². The molecule has 0 bridgehead atoms. The minimum atomic E-state index is 0.534. The maximum Gasteiger partial charge on any atom is 0.133 e. The first-order valence-electron chi connectivity index (χ1n) is 6.81. The zero-order chi connectivity index (χ0) is 14.0. The molecule has 0 aromatic heterocycles. The molecule has 19 heavy (non-hydrogen) atoms. The number of benzene rings is 1. The molecule has 1 aromatic rings. The van der Waals surface area contributed by atoms with Crippen molar-refractivity contribution < 1.29 is 4.74 Å². The Kier molecular flexibility index (Phi) is 4.74. The molecule has 1 N–H and O–H groups in total. The lowest BCUT2D eigenvalue weighted by Gasteiger charge is -2.40. The van der Waals surface area contributed by atoms with Crippen LogP contribution in [0.5, 0.6) is 5.75 Å². The van der Waals surface area contributed by atoms with Gasteiger partial charge < -0.3 is 15.0 Å². The first kappa shape index (κ1) is 14.7. The van der Waals surface area contributed by atoms with Crippen LogP contribution in [0.3, 0.4) is 0 Å². The third-order valence-corrected chi connectivity index (χ3v) is 4.73. The fourth-order valence-electron chi connectivity index (χ4n) is 2.71. The maximum atomic E-state index is 5.26. The molecule has 0 amide bonds. The highest BCUT2D eigenvalue weighted by Crippen LogP contribution is 2.30. The number of halogens is 1. The normalized spacial score (nSPS) is 28.2. The summed E-state index contributed by atoms with van der Waals surface area (Å²) in [4.78, 5) is 2.44. The van der Waals surface area contributed by atoms with E-state index in [4.69, 9.17) is 4.74 Å². The van der Waals surface area contributed by atoms with Crippen molar-refractivity contribution in [1.29, 1.82) is 0 Å². The van der Waals surface area contributed by atoms with Gasteiger partial charge in [0, 0.05) is 24.3 Å². The van der Waals surface area contributed by atoms with Crippen LogP contribution < -0.4 is 10.1 Å². The van der Waals surface area contributed by atoms with Crippen LogP contribution in [0.25, 0.3) is 0 Å². The number of methoxy groups -OCH3 is 1. The number of hydrogen-bond donors (Lipinski definition) is 1. The highest BCUT2D eigenvalue weighted by molar-refractivity contribution is 9.10. The van der Waals surface area contributed by atoms with Crippen molar-refractivity contribution >= 4 is 21.6 Å². The van der Waals surface area contributed by atoms with E-state index < -0.39 is 0 Å². The topological polar surface area (TPSA) is 24.5 Å². The Labute approximate surface area is 124 Å². The summed E-state index contributed by atoms with van der Waals surface area (Å²) < 4.78 is 6.25. The van der Waals surface area contributed by atoms with E-state index in [0.717, 1.165) is 22.5 Å². The summed E-state index contributed by atoms with van der Waals surface area (Å²) in [6.45, 7) is 5.76. The van der Waals surface area contributed by atoms with Crippen LogP contribution in [0, 0.1) is 5.92 Å². The van der Waals surface area contributed by atoms with Gasteiger partial charge in [-0.1, -0.05) is 6.92 Å². The lowest BCUT2D eigenvalue weighted by Crippen LogP contribution is -2.48. The average Bonchev–Trinajstić information content (AvgIpc) is 2.36. The number of rotatable bonds is 3. The van der Waals surface area contributed by atoms with Crippen molar-refractivity contribution in [3.63, 3.8) is 0 Å².